The fourth-order valence-corrected chi connectivity index (χ4v) is 2.04. The second-order valence-electron chi connectivity index (χ2n) is 4.13. The summed E-state index contributed by atoms with van der Waals surface area (Å²) in [4.78, 5) is 12.3. The molecule has 1 atom stereocenters. The lowest BCUT2D eigenvalue weighted by Gasteiger charge is -2.29. The van der Waals surface area contributed by atoms with E-state index < -0.39 is 0 Å². The third-order valence-electron chi connectivity index (χ3n) is 2.89. The highest BCUT2D eigenvalue weighted by Gasteiger charge is 2.41. The number of carbonyl (C=O) groups excluding carboxylic acids is 1. The standard InChI is InChI=1S/C9H14N4OS.ClH/c1-9(5-10,6-2-3-6)12-8(14)7-4-11-13-15-7;/h4,6H,2-3,5,10H2,1H3,(H,12,14);1H. The van der Waals surface area contributed by atoms with E-state index in [2.05, 4.69) is 14.9 Å². The monoisotopic (exact) mass is 262 g/mol. The first kappa shape index (κ1) is 13.3. The van der Waals surface area contributed by atoms with Crippen molar-refractivity contribution in [1.82, 2.24) is 14.9 Å². The van der Waals surface area contributed by atoms with Crippen molar-refractivity contribution >= 4 is 29.8 Å². The molecule has 0 saturated heterocycles. The minimum absolute atomic E-state index is 0. The van der Waals surface area contributed by atoms with Crippen molar-refractivity contribution in [2.24, 2.45) is 11.7 Å². The molecular weight excluding hydrogens is 248 g/mol. The van der Waals surface area contributed by atoms with Gasteiger partial charge in [-0.1, -0.05) is 4.49 Å². The molecule has 3 N–H and O–H groups in total. The van der Waals surface area contributed by atoms with Gasteiger partial charge in [0.1, 0.15) is 4.88 Å². The van der Waals surface area contributed by atoms with Gasteiger partial charge in [-0.05, 0) is 37.2 Å². The molecule has 0 spiro atoms. The van der Waals surface area contributed by atoms with Crippen molar-refractivity contribution in [3.63, 3.8) is 0 Å². The molecule has 2 rings (SSSR count). The van der Waals surface area contributed by atoms with E-state index in [-0.39, 0.29) is 23.9 Å². The molecule has 1 fully saturated rings. The number of nitrogens with two attached hydrogens (primary N) is 1. The van der Waals surface area contributed by atoms with Crippen molar-refractivity contribution in [2.75, 3.05) is 6.54 Å². The molecule has 1 heterocycles. The van der Waals surface area contributed by atoms with Crippen molar-refractivity contribution in [1.29, 1.82) is 0 Å². The van der Waals surface area contributed by atoms with Crippen molar-refractivity contribution in [3.05, 3.63) is 11.1 Å². The van der Waals surface area contributed by atoms with Crippen LogP contribution in [0.2, 0.25) is 0 Å². The molecular formula is C9H15ClN4OS. The van der Waals surface area contributed by atoms with Crippen LogP contribution in [0.4, 0.5) is 0 Å². The zero-order chi connectivity index (χ0) is 10.9. The smallest absolute Gasteiger partial charge is 0.265 e. The minimum atomic E-state index is -0.277. The first-order valence-electron chi connectivity index (χ1n) is 4.95. The van der Waals surface area contributed by atoms with E-state index in [0.29, 0.717) is 17.3 Å². The molecule has 0 aromatic carbocycles. The molecule has 1 aliphatic rings. The SMILES string of the molecule is CC(CN)(NC(=O)c1cnns1)C1CC1.Cl. The average molecular weight is 263 g/mol. The summed E-state index contributed by atoms with van der Waals surface area (Å²) in [7, 11) is 0. The van der Waals surface area contributed by atoms with Crippen LogP contribution in [0.15, 0.2) is 6.20 Å². The third-order valence-corrected chi connectivity index (χ3v) is 3.55. The number of nitrogens with one attached hydrogen (secondary N) is 1. The molecule has 90 valence electrons. The lowest BCUT2D eigenvalue weighted by molar-refractivity contribution is 0.0902. The maximum Gasteiger partial charge on any atom is 0.265 e. The van der Waals surface area contributed by atoms with E-state index in [1.54, 1.807) is 0 Å². The van der Waals surface area contributed by atoms with E-state index >= 15 is 0 Å². The summed E-state index contributed by atoms with van der Waals surface area (Å²) >= 11 is 1.10. The van der Waals surface area contributed by atoms with Gasteiger partial charge in [0.05, 0.1) is 11.7 Å². The quantitative estimate of drug-likeness (QED) is 0.842. The number of rotatable bonds is 4. The summed E-state index contributed by atoms with van der Waals surface area (Å²) in [6.45, 7) is 2.46. The van der Waals surface area contributed by atoms with E-state index in [4.69, 9.17) is 5.73 Å². The van der Waals surface area contributed by atoms with Crippen LogP contribution in [0.25, 0.3) is 0 Å². The van der Waals surface area contributed by atoms with Crippen LogP contribution in [0.5, 0.6) is 0 Å². The van der Waals surface area contributed by atoms with Gasteiger partial charge in [-0.25, -0.2) is 0 Å². The fourth-order valence-electron chi connectivity index (χ4n) is 1.63. The summed E-state index contributed by atoms with van der Waals surface area (Å²) in [6, 6.07) is 0. The highest BCUT2D eigenvalue weighted by molar-refractivity contribution is 7.07. The summed E-state index contributed by atoms with van der Waals surface area (Å²) < 4.78 is 3.66. The number of nitrogens with zero attached hydrogens (tertiary/aromatic N) is 2. The first-order valence-corrected chi connectivity index (χ1v) is 5.73. The number of aromatic nitrogens is 2. The number of hydrogen-bond donors (Lipinski definition) is 2. The highest BCUT2D eigenvalue weighted by Crippen LogP contribution is 2.39. The molecule has 1 amide bonds. The Morgan fingerprint density at radius 1 is 1.75 bits per heavy atom. The molecule has 7 heteroatoms. The number of carbonyl (C=O) groups is 1. The summed E-state index contributed by atoms with van der Waals surface area (Å²) in [5.74, 6) is 0.400. The summed E-state index contributed by atoms with van der Waals surface area (Å²) in [5.41, 5.74) is 5.43. The van der Waals surface area contributed by atoms with E-state index in [9.17, 15) is 4.79 Å². The lowest BCUT2D eigenvalue weighted by atomic mass is 9.96. The normalized spacial score (nSPS) is 18.4. The van der Waals surface area contributed by atoms with Gasteiger partial charge in [0.15, 0.2) is 0 Å². The van der Waals surface area contributed by atoms with Crippen LogP contribution >= 0.6 is 23.9 Å². The van der Waals surface area contributed by atoms with Crippen LogP contribution in [-0.4, -0.2) is 27.6 Å². The Labute approximate surface area is 104 Å². The zero-order valence-electron chi connectivity index (χ0n) is 8.97. The second kappa shape index (κ2) is 5.07. The van der Waals surface area contributed by atoms with Crippen molar-refractivity contribution in [3.8, 4) is 0 Å². The molecule has 1 aromatic heterocycles. The van der Waals surface area contributed by atoms with Crippen molar-refractivity contribution in [2.45, 2.75) is 25.3 Å². The second-order valence-corrected chi connectivity index (χ2v) is 4.92. The van der Waals surface area contributed by atoms with Gasteiger partial charge in [0, 0.05) is 6.54 Å². The van der Waals surface area contributed by atoms with Gasteiger partial charge in [-0.3, -0.25) is 4.79 Å². The first-order chi connectivity index (χ1) is 7.15. The molecule has 1 saturated carbocycles. The van der Waals surface area contributed by atoms with E-state index in [1.807, 2.05) is 6.92 Å². The van der Waals surface area contributed by atoms with Gasteiger partial charge in [0.25, 0.3) is 5.91 Å². The number of amides is 1. The Hall–Kier alpha value is -0.720. The zero-order valence-corrected chi connectivity index (χ0v) is 10.6. The highest BCUT2D eigenvalue weighted by atomic mass is 35.5. The minimum Gasteiger partial charge on any atom is -0.345 e. The Morgan fingerprint density at radius 3 is 2.88 bits per heavy atom. The maximum absolute atomic E-state index is 11.8. The Kier molecular flexibility index (Phi) is 4.23. The Balaban J connectivity index is 0.00000128. The van der Waals surface area contributed by atoms with Crippen LogP contribution in [0.3, 0.4) is 0 Å². The van der Waals surface area contributed by atoms with E-state index in [1.165, 1.54) is 6.20 Å². The van der Waals surface area contributed by atoms with E-state index in [0.717, 1.165) is 24.4 Å². The van der Waals surface area contributed by atoms with Gasteiger partial charge < -0.3 is 11.1 Å². The third kappa shape index (κ3) is 2.69. The predicted octanol–water partition coefficient (Wildman–Crippen LogP) is 0.817. The topological polar surface area (TPSA) is 80.9 Å². The van der Waals surface area contributed by atoms with Gasteiger partial charge in [-0.15, -0.1) is 17.5 Å². The van der Waals surface area contributed by atoms with Gasteiger partial charge in [0.2, 0.25) is 0 Å². The lowest BCUT2D eigenvalue weighted by Crippen LogP contribution is -2.53. The molecule has 1 aliphatic carbocycles. The molecule has 0 radical (unpaired) electrons. The molecule has 5 nitrogen and oxygen atoms in total. The summed E-state index contributed by atoms with van der Waals surface area (Å²) in [5, 5.41) is 6.61. The summed E-state index contributed by atoms with van der Waals surface area (Å²) in [6.07, 6.45) is 3.77. The predicted molar refractivity (Wildman–Crippen MR) is 64.8 cm³/mol. The molecule has 0 aliphatic heterocycles. The van der Waals surface area contributed by atoms with Gasteiger partial charge in [-0.2, -0.15) is 0 Å². The fraction of sp³-hybridized carbons (Fsp3) is 0.667. The Morgan fingerprint density at radius 2 is 2.44 bits per heavy atom. The maximum atomic E-state index is 11.8. The number of hydrogen-bond acceptors (Lipinski definition) is 5. The molecule has 1 unspecified atom stereocenters. The molecule has 0 bridgehead atoms. The molecule has 16 heavy (non-hydrogen) atoms. The van der Waals surface area contributed by atoms with Crippen molar-refractivity contribution < 1.29 is 4.79 Å². The van der Waals surface area contributed by atoms with Crippen LogP contribution in [0.1, 0.15) is 29.4 Å². The van der Waals surface area contributed by atoms with Crippen LogP contribution in [-0.2, 0) is 0 Å². The Bertz CT molecular complexity index is 354. The van der Waals surface area contributed by atoms with Crippen LogP contribution < -0.4 is 11.1 Å². The number of halogens is 1. The largest absolute Gasteiger partial charge is 0.345 e. The van der Waals surface area contributed by atoms with Gasteiger partial charge >= 0.3 is 0 Å². The van der Waals surface area contributed by atoms with Crippen LogP contribution in [0, 0.1) is 5.92 Å². The molecule has 1 aromatic rings. The average Bonchev–Trinajstić information content (AvgIpc) is 2.94.